The third kappa shape index (κ3) is 7.30. The summed E-state index contributed by atoms with van der Waals surface area (Å²) in [4.78, 5) is 38.3. The van der Waals surface area contributed by atoms with Gasteiger partial charge in [-0.25, -0.2) is 4.79 Å². The number of amides is 2. The maximum absolute atomic E-state index is 12.3. The van der Waals surface area contributed by atoms with Crippen molar-refractivity contribution >= 4 is 23.5 Å². The summed E-state index contributed by atoms with van der Waals surface area (Å²) in [6, 6.07) is 13.2. The van der Waals surface area contributed by atoms with Gasteiger partial charge in [0.1, 0.15) is 11.5 Å². The highest BCUT2D eigenvalue weighted by molar-refractivity contribution is 5.92. The number of nitrogens with one attached hydrogen (secondary N) is 1. The molecule has 2 rings (SSSR count). The highest BCUT2D eigenvalue weighted by Gasteiger charge is 2.21. The van der Waals surface area contributed by atoms with Crippen LogP contribution in [0.25, 0.3) is 0 Å². The number of rotatable bonds is 10. The minimum atomic E-state index is -0.604. The van der Waals surface area contributed by atoms with Crippen LogP contribution in [0.5, 0.6) is 11.5 Å². The van der Waals surface area contributed by atoms with Gasteiger partial charge in [-0.05, 0) is 64.1 Å². The molecule has 0 heterocycles. The zero-order chi connectivity index (χ0) is 23.7. The van der Waals surface area contributed by atoms with Crippen molar-refractivity contribution in [2.75, 3.05) is 25.6 Å². The van der Waals surface area contributed by atoms with E-state index in [1.165, 1.54) is 12.1 Å². The first-order valence-electron chi connectivity index (χ1n) is 10.4. The first-order chi connectivity index (χ1) is 15.2. The molecule has 0 aliphatic heterocycles. The van der Waals surface area contributed by atoms with Gasteiger partial charge in [-0.15, -0.1) is 0 Å². The Labute approximate surface area is 188 Å². The molecule has 0 radical (unpaired) electrons. The van der Waals surface area contributed by atoms with E-state index in [0.717, 1.165) is 0 Å². The third-order valence-corrected chi connectivity index (χ3v) is 4.54. The van der Waals surface area contributed by atoms with Gasteiger partial charge in [0.15, 0.2) is 13.2 Å². The number of methoxy groups -OCH3 is 1. The Morgan fingerprint density at radius 2 is 1.56 bits per heavy atom. The van der Waals surface area contributed by atoms with Gasteiger partial charge < -0.3 is 24.4 Å². The molecule has 172 valence electrons. The van der Waals surface area contributed by atoms with Crippen molar-refractivity contribution in [3.05, 3.63) is 54.1 Å². The molecule has 8 heteroatoms. The van der Waals surface area contributed by atoms with E-state index in [4.69, 9.17) is 14.2 Å². The number of benzene rings is 2. The summed E-state index contributed by atoms with van der Waals surface area (Å²) in [6.45, 7) is 7.13. The van der Waals surface area contributed by atoms with Gasteiger partial charge in [0.05, 0.1) is 12.7 Å². The Morgan fingerprint density at radius 3 is 2.16 bits per heavy atom. The maximum Gasteiger partial charge on any atom is 0.338 e. The Balaban J connectivity index is 1.83. The number of nitrogens with zero attached hydrogens (tertiary/aromatic N) is 1. The van der Waals surface area contributed by atoms with Crippen LogP contribution in [-0.4, -0.2) is 55.1 Å². The van der Waals surface area contributed by atoms with Crippen LogP contribution in [0.3, 0.4) is 0 Å². The monoisotopic (exact) mass is 442 g/mol. The zero-order valence-corrected chi connectivity index (χ0v) is 19.1. The molecule has 32 heavy (non-hydrogen) atoms. The van der Waals surface area contributed by atoms with Crippen molar-refractivity contribution < 1.29 is 28.6 Å². The van der Waals surface area contributed by atoms with Crippen molar-refractivity contribution in [1.82, 2.24) is 4.90 Å². The molecule has 2 amide bonds. The van der Waals surface area contributed by atoms with Crippen molar-refractivity contribution in [2.45, 2.75) is 39.8 Å². The van der Waals surface area contributed by atoms with E-state index >= 15 is 0 Å². The van der Waals surface area contributed by atoms with Crippen molar-refractivity contribution in [2.24, 2.45) is 0 Å². The molecule has 0 aromatic heterocycles. The quantitative estimate of drug-likeness (QED) is 0.566. The van der Waals surface area contributed by atoms with Gasteiger partial charge in [0.2, 0.25) is 0 Å². The molecular formula is C24H30N2O6. The summed E-state index contributed by atoms with van der Waals surface area (Å²) in [7, 11) is 1.55. The van der Waals surface area contributed by atoms with E-state index in [-0.39, 0.29) is 42.7 Å². The second-order valence-corrected chi connectivity index (χ2v) is 7.66. The standard InChI is InChI=1S/C24H30N2O6/c1-16(2)26(17(3)4)23(28)15-32-24(29)18-9-11-20(12-10-18)31-14-22(27)25-19-7-6-8-21(13-19)30-5/h6-13,16-17H,14-15H2,1-5H3,(H,25,27). The fourth-order valence-electron chi connectivity index (χ4n) is 3.19. The van der Waals surface area contributed by atoms with E-state index in [2.05, 4.69) is 5.32 Å². The predicted octanol–water partition coefficient (Wildman–Crippen LogP) is 3.51. The number of hydrogen-bond acceptors (Lipinski definition) is 6. The van der Waals surface area contributed by atoms with E-state index < -0.39 is 5.97 Å². The lowest BCUT2D eigenvalue weighted by atomic mass is 10.2. The molecule has 1 N–H and O–H groups in total. The van der Waals surface area contributed by atoms with Gasteiger partial charge in [-0.1, -0.05) is 6.07 Å². The van der Waals surface area contributed by atoms with Crippen molar-refractivity contribution in [1.29, 1.82) is 0 Å². The Kier molecular flexibility index (Phi) is 9.07. The number of hydrogen-bond donors (Lipinski definition) is 1. The molecule has 0 saturated carbocycles. The molecule has 2 aromatic rings. The number of carbonyl (C=O) groups is 3. The fraction of sp³-hybridized carbons (Fsp3) is 0.375. The lowest BCUT2D eigenvalue weighted by Gasteiger charge is -2.30. The highest BCUT2D eigenvalue weighted by atomic mass is 16.5. The van der Waals surface area contributed by atoms with Crippen LogP contribution in [-0.2, 0) is 14.3 Å². The third-order valence-electron chi connectivity index (χ3n) is 4.54. The molecule has 0 atom stereocenters. The molecule has 0 bridgehead atoms. The summed E-state index contributed by atoms with van der Waals surface area (Å²) in [5, 5.41) is 2.71. The molecule has 0 fully saturated rings. The van der Waals surface area contributed by atoms with Crippen LogP contribution in [0.4, 0.5) is 5.69 Å². The lowest BCUT2D eigenvalue weighted by molar-refractivity contribution is -0.138. The number of anilines is 1. The molecule has 0 aliphatic carbocycles. The highest BCUT2D eigenvalue weighted by Crippen LogP contribution is 2.17. The van der Waals surface area contributed by atoms with Gasteiger partial charge in [-0.2, -0.15) is 0 Å². The summed E-state index contributed by atoms with van der Waals surface area (Å²) in [5.41, 5.74) is 0.880. The van der Waals surface area contributed by atoms with Crippen LogP contribution in [0.1, 0.15) is 38.1 Å². The minimum Gasteiger partial charge on any atom is -0.497 e. The van der Waals surface area contributed by atoms with Gasteiger partial charge >= 0.3 is 5.97 Å². The molecule has 0 spiro atoms. The molecule has 8 nitrogen and oxygen atoms in total. The van der Waals surface area contributed by atoms with Gasteiger partial charge in [0, 0.05) is 23.8 Å². The first-order valence-corrected chi connectivity index (χ1v) is 10.4. The first kappa shape index (κ1) is 24.7. The van der Waals surface area contributed by atoms with E-state index in [1.807, 2.05) is 27.7 Å². The second kappa shape index (κ2) is 11.7. The maximum atomic E-state index is 12.3. The Bertz CT molecular complexity index is 916. The second-order valence-electron chi connectivity index (χ2n) is 7.66. The number of esters is 1. The van der Waals surface area contributed by atoms with E-state index in [0.29, 0.717) is 17.2 Å². The van der Waals surface area contributed by atoms with E-state index in [1.54, 1.807) is 48.4 Å². The Morgan fingerprint density at radius 1 is 0.906 bits per heavy atom. The molecule has 0 aliphatic rings. The smallest absolute Gasteiger partial charge is 0.338 e. The SMILES string of the molecule is COc1cccc(NC(=O)COc2ccc(C(=O)OCC(=O)N(C(C)C)C(C)C)cc2)c1. The van der Waals surface area contributed by atoms with Crippen LogP contribution < -0.4 is 14.8 Å². The average Bonchev–Trinajstić information content (AvgIpc) is 2.76. The average molecular weight is 443 g/mol. The lowest BCUT2D eigenvalue weighted by Crippen LogP contribution is -2.44. The normalized spacial score (nSPS) is 10.6. The summed E-state index contributed by atoms with van der Waals surface area (Å²) in [5.74, 6) is -0.128. The largest absolute Gasteiger partial charge is 0.497 e. The topological polar surface area (TPSA) is 94.2 Å². The van der Waals surface area contributed by atoms with Crippen molar-refractivity contribution in [3.63, 3.8) is 0 Å². The zero-order valence-electron chi connectivity index (χ0n) is 19.1. The van der Waals surface area contributed by atoms with Crippen LogP contribution in [0, 0.1) is 0 Å². The van der Waals surface area contributed by atoms with Gasteiger partial charge in [-0.3, -0.25) is 9.59 Å². The molecule has 2 aromatic carbocycles. The molecule has 0 unspecified atom stereocenters. The number of ether oxygens (including phenoxy) is 3. The van der Waals surface area contributed by atoms with E-state index in [9.17, 15) is 14.4 Å². The van der Waals surface area contributed by atoms with Crippen molar-refractivity contribution in [3.8, 4) is 11.5 Å². The predicted molar refractivity (Wildman–Crippen MR) is 121 cm³/mol. The summed E-state index contributed by atoms with van der Waals surface area (Å²) >= 11 is 0. The van der Waals surface area contributed by atoms with Crippen LogP contribution in [0.2, 0.25) is 0 Å². The summed E-state index contributed by atoms with van der Waals surface area (Å²) in [6.07, 6.45) is 0. The fourth-order valence-corrected chi connectivity index (χ4v) is 3.19. The summed E-state index contributed by atoms with van der Waals surface area (Å²) < 4.78 is 15.7. The van der Waals surface area contributed by atoms with Gasteiger partial charge in [0.25, 0.3) is 11.8 Å². The van der Waals surface area contributed by atoms with Crippen LogP contribution in [0.15, 0.2) is 48.5 Å². The Hall–Kier alpha value is -3.55. The molecule has 0 saturated heterocycles. The number of carbonyl (C=O) groups excluding carboxylic acids is 3. The minimum absolute atomic E-state index is 0.0127. The van der Waals surface area contributed by atoms with Crippen LogP contribution >= 0.6 is 0 Å². The molecular weight excluding hydrogens is 412 g/mol.